The number of ether oxygens (including phenoxy) is 2. The molecule has 0 aliphatic heterocycles. The van der Waals surface area contributed by atoms with Crippen LogP contribution in [0.5, 0.6) is 0 Å². The first-order chi connectivity index (χ1) is 9.91. The molecule has 0 bridgehead atoms. The second-order valence-corrected chi connectivity index (χ2v) is 5.89. The van der Waals surface area contributed by atoms with Crippen molar-refractivity contribution in [1.29, 1.82) is 0 Å². The van der Waals surface area contributed by atoms with Crippen molar-refractivity contribution in [2.24, 2.45) is 0 Å². The number of unbranched alkanes of at least 4 members (excludes halogenated alkanes) is 6. The van der Waals surface area contributed by atoms with Crippen LogP contribution >= 0.6 is 0 Å². The Bertz CT molecular complexity index is 261. The normalized spacial score (nSPS) is 13.5. The van der Waals surface area contributed by atoms with Crippen LogP contribution in [-0.2, 0) is 19.1 Å². The highest BCUT2D eigenvalue weighted by molar-refractivity contribution is 5.66. The van der Waals surface area contributed by atoms with E-state index in [0.717, 1.165) is 25.7 Å². The SMILES string of the molecule is CC(=O)O[C@@H](C)CCCCCCCCC[C@H](C)OC(C)=O. The molecule has 0 aromatic carbocycles. The van der Waals surface area contributed by atoms with Gasteiger partial charge in [-0.25, -0.2) is 0 Å². The third kappa shape index (κ3) is 15.2. The highest BCUT2D eigenvalue weighted by Gasteiger charge is 2.05. The fourth-order valence-corrected chi connectivity index (χ4v) is 2.43. The molecule has 0 aliphatic carbocycles. The van der Waals surface area contributed by atoms with Gasteiger partial charge in [0.15, 0.2) is 0 Å². The highest BCUT2D eigenvalue weighted by Crippen LogP contribution is 2.13. The molecule has 4 nitrogen and oxygen atoms in total. The molecule has 124 valence electrons. The fourth-order valence-electron chi connectivity index (χ4n) is 2.43. The summed E-state index contributed by atoms with van der Waals surface area (Å²) in [6, 6.07) is 0. The van der Waals surface area contributed by atoms with E-state index in [-0.39, 0.29) is 24.1 Å². The predicted octanol–water partition coefficient (Wildman–Crippen LogP) is 4.40. The average Bonchev–Trinajstić information content (AvgIpc) is 2.34. The maximum atomic E-state index is 10.7. The Morgan fingerprint density at radius 1 is 0.667 bits per heavy atom. The van der Waals surface area contributed by atoms with Crippen molar-refractivity contribution >= 4 is 11.9 Å². The van der Waals surface area contributed by atoms with Crippen LogP contribution in [0.1, 0.15) is 85.5 Å². The lowest BCUT2D eigenvalue weighted by Gasteiger charge is -2.11. The third-order valence-electron chi connectivity index (χ3n) is 3.46. The third-order valence-corrected chi connectivity index (χ3v) is 3.46. The minimum absolute atomic E-state index is 0.0465. The van der Waals surface area contributed by atoms with E-state index in [1.165, 1.54) is 46.0 Å². The predicted molar refractivity (Wildman–Crippen MR) is 84.0 cm³/mol. The molecule has 21 heavy (non-hydrogen) atoms. The van der Waals surface area contributed by atoms with Crippen molar-refractivity contribution in [2.45, 2.75) is 97.7 Å². The molecular formula is C17H32O4. The molecule has 0 saturated carbocycles. The van der Waals surface area contributed by atoms with Gasteiger partial charge in [-0.05, 0) is 39.5 Å². The standard InChI is InChI=1S/C17H32O4/c1-14(20-16(3)18)12-10-8-6-5-7-9-11-13-15(2)21-17(4)19/h14-15H,5-13H2,1-4H3/t14-,15-/m0/s1. The topological polar surface area (TPSA) is 52.6 Å². The van der Waals surface area contributed by atoms with Gasteiger partial charge in [0.1, 0.15) is 0 Å². The van der Waals surface area contributed by atoms with Crippen molar-refractivity contribution in [2.75, 3.05) is 0 Å². The minimum atomic E-state index is -0.189. The molecular weight excluding hydrogens is 268 g/mol. The Hall–Kier alpha value is -1.06. The molecule has 0 N–H and O–H groups in total. The summed E-state index contributed by atoms with van der Waals surface area (Å²) < 4.78 is 10.2. The summed E-state index contributed by atoms with van der Waals surface area (Å²) >= 11 is 0. The zero-order chi connectivity index (χ0) is 16.1. The van der Waals surface area contributed by atoms with Gasteiger partial charge in [-0.15, -0.1) is 0 Å². The van der Waals surface area contributed by atoms with E-state index in [0.29, 0.717) is 0 Å². The minimum Gasteiger partial charge on any atom is -0.463 e. The molecule has 0 saturated heterocycles. The van der Waals surface area contributed by atoms with E-state index in [4.69, 9.17) is 9.47 Å². The van der Waals surface area contributed by atoms with E-state index in [1.54, 1.807) is 0 Å². The van der Waals surface area contributed by atoms with Crippen LogP contribution in [0.15, 0.2) is 0 Å². The quantitative estimate of drug-likeness (QED) is 0.396. The summed E-state index contributed by atoms with van der Waals surface area (Å²) in [5.41, 5.74) is 0. The van der Waals surface area contributed by atoms with Gasteiger partial charge in [-0.3, -0.25) is 9.59 Å². The van der Waals surface area contributed by atoms with Crippen LogP contribution in [0.4, 0.5) is 0 Å². The van der Waals surface area contributed by atoms with Crippen molar-refractivity contribution in [3.63, 3.8) is 0 Å². The smallest absolute Gasteiger partial charge is 0.302 e. The van der Waals surface area contributed by atoms with Gasteiger partial charge in [0, 0.05) is 13.8 Å². The number of rotatable bonds is 12. The second kappa shape index (κ2) is 12.7. The van der Waals surface area contributed by atoms with Gasteiger partial charge in [-0.2, -0.15) is 0 Å². The van der Waals surface area contributed by atoms with Crippen LogP contribution in [0.25, 0.3) is 0 Å². The zero-order valence-corrected chi connectivity index (χ0v) is 14.2. The number of carbonyl (C=O) groups is 2. The van der Waals surface area contributed by atoms with Gasteiger partial charge in [-0.1, -0.05) is 32.1 Å². The molecule has 0 aromatic rings. The molecule has 0 fully saturated rings. The van der Waals surface area contributed by atoms with Crippen molar-refractivity contribution < 1.29 is 19.1 Å². The second-order valence-electron chi connectivity index (χ2n) is 5.89. The first-order valence-electron chi connectivity index (χ1n) is 8.26. The molecule has 0 aliphatic rings. The Morgan fingerprint density at radius 3 is 1.24 bits per heavy atom. The first kappa shape index (κ1) is 19.9. The van der Waals surface area contributed by atoms with Gasteiger partial charge >= 0.3 is 11.9 Å². The lowest BCUT2D eigenvalue weighted by atomic mass is 10.0. The highest BCUT2D eigenvalue weighted by atomic mass is 16.5. The largest absolute Gasteiger partial charge is 0.463 e. The molecule has 4 heteroatoms. The maximum absolute atomic E-state index is 10.7. The number of carbonyl (C=O) groups excluding carboxylic acids is 2. The van der Waals surface area contributed by atoms with Crippen LogP contribution < -0.4 is 0 Å². The summed E-state index contributed by atoms with van der Waals surface area (Å²) in [5.74, 6) is -0.379. The van der Waals surface area contributed by atoms with Crippen molar-refractivity contribution in [1.82, 2.24) is 0 Å². The molecule has 0 amide bonds. The molecule has 0 spiro atoms. The Morgan fingerprint density at radius 2 is 0.952 bits per heavy atom. The maximum Gasteiger partial charge on any atom is 0.302 e. The number of hydrogen-bond acceptors (Lipinski definition) is 4. The monoisotopic (exact) mass is 300 g/mol. The van der Waals surface area contributed by atoms with Crippen LogP contribution in [0, 0.1) is 0 Å². The lowest BCUT2D eigenvalue weighted by molar-refractivity contribution is -0.146. The van der Waals surface area contributed by atoms with Crippen molar-refractivity contribution in [3.8, 4) is 0 Å². The van der Waals surface area contributed by atoms with E-state index >= 15 is 0 Å². The van der Waals surface area contributed by atoms with Crippen LogP contribution in [0.3, 0.4) is 0 Å². The summed E-state index contributed by atoms with van der Waals surface area (Å²) in [7, 11) is 0. The molecule has 0 unspecified atom stereocenters. The number of hydrogen-bond donors (Lipinski definition) is 0. The van der Waals surface area contributed by atoms with E-state index in [1.807, 2.05) is 13.8 Å². The molecule has 0 heterocycles. The van der Waals surface area contributed by atoms with Gasteiger partial charge < -0.3 is 9.47 Å². The molecule has 0 rings (SSSR count). The summed E-state index contributed by atoms with van der Waals surface area (Å²) in [6.45, 7) is 6.81. The Labute approximate surface area is 129 Å². The van der Waals surface area contributed by atoms with Gasteiger partial charge in [0.2, 0.25) is 0 Å². The van der Waals surface area contributed by atoms with Gasteiger partial charge in [0.05, 0.1) is 12.2 Å². The number of esters is 2. The van der Waals surface area contributed by atoms with E-state index in [9.17, 15) is 9.59 Å². The molecule has 0 radical (unpaired) electrons. The van der Waals surface area contributed by atoms with Crippen LogP contribution in [0.2, 0.25) is 0 Å². The average molecular weight is 300 g/mol. The fraction of sp³-hybridized carbons (Fsp3) is 0.882. The Balaban J connectivity index is 3.26. The molecule has 0 aromatic heterocycles. The summed E-state index contributed by atoms with van der Waals surface area (Å²) in [5, 5.41) is 0. The van der Waals surface area contributed by atoms with Crippen molar-refractivity contribution in [3.05, 3.63) is 0 Å². The summed E-state index contributed by atoms with van der Waals surface area (Å²) in [6.07, 6.45) is 10.4. The van der Waals surface area contributed by atoms with E-state index < -0.39 is 0 Å². The van der Waals surface area contributed by atoms with Crippen LogP contribution in [-0.4, -0.2) is 24.1 Å². The Kier molecular flexibility index (Phi) is 12.0. The molecule has 2 atom stereocenters. The van der Waals surface area contributed by atoms with Gasteiger partial charge in [0.25, 0.3) is 0 Å². The summed E-state index contributed by atoms with van der Waals surface area (Å²) in [4.78, 5) is 21.5. The lowest BCUT2D eigenvalue weighted by Crippen LogP contribution is -2.11. The zero-order valence-electron chi connectivity index (χ0n) is 14.2. The van der Waals surface area contributed by atoms with E-state index in [2.05, 4.69) is 0 Å². The first-order valence-corrected chi connectivity index (χ1v) is 8.26.